The minimum absolute atomic E-state index is 0. The molecule has 0 radical (unpaired) electrons. The van der Waals surface area contributed by atoms with Gasteiger partial charge in [0.05, 0.1) is 13.7 Å². The molecule has 114 valence electrons. The molecule has 0 heterocycles. The van der Waals surface area contributed by atoms with E-state index < -0.39 is 0 Å². The summed E-state index contributed by atoms with van der Waals surface area (Å²) in [6.07, 6.45) is 0.284. The van der Waals surface area contributed by atoms with Crippen molar-refractivity contribution in [3.63, 3.8) is 0 Å². The van der Waals surface area contributed by atoms with Crippen molar-refractivity contribution in [2.24, 2.45) is 5.73 Å². The molecular formula is C13H21ClN2O4. The molecule has 0 atom stereocenters. The molecule has 0 aliphatic carbocycles. The number of nitrogens with two attached hydrogens (primary N) is 1. The number of nitrogens with one attached hydrogen (secondary N) is 1. The van der Waals surface area contributed by atoms with E-state index in [1.165, 1.54) is 0 Å². The monoisotopic (exact) mass is 304 g/mol. The predicted octanol–water partition coefficient (Wildman–Crippen LogP) is 1.43. The fourth-order valence-corrected chi connectivity index (χ4v) is 1.46. The summed E-state index contributed by atoms with van der Waals surface area (Å²) in [4.78, 5) is 11.5. The van der Waals surface area contributed by atoms with Crippen LogP contribution in [0, 0.1) is 0 Å². The molecule has 7 heteroatoms. The van der Waals surface area contributed by atoms with E-state index in [4.69, 9.17) is 19.9 Å². The van der Waals surface area contributed by atoms with E-state index in [-0.39, 0.29) is 24.7 Å². The number of halogens is 1. The van der Waals surface area contributed by atoms with Gasteiger partial charge in [0.25, 0.3) is 0 Å². The molecule has 1 aromatic rings. The van der Waals surface area contributed by atoms with Gasteiger partial charge in [-0.05, 0) is 12.1 Å². The molecule has 0 spiro atoms. The molecule has 0 bridgehead atoms. The van der Waals surface area contributed by atoms with E-state index >= 15 is 0 Å². The van der Waals surface area contributed by atoms with Crippen molar-refractivity contribution in [3.8, 4) is 11.5 Å². The predicted molar refractivity (Wildman–Crippen MR) is 79.9 cm³/mol. The summed E-state index contributed by atoms with van der Waals surface area (Å²) in [6, 6.07) is 5.19. The Labute approximate surface area is 125 Å². The number of methoxy groups -OCH3 is 2. The van der Waals surface area contributed by atoms with Crippen molar-refractivity contribution < 1.29 is 19.0 Å². The van der Waals surface area contributed by atoms with Gasteiger partial charge in [-0.3, -0.25) is 4.79 Å². The first-order valence-electron chi connectivity index (χ1n) is 6.01. The van der Waals surface area contributed by atoms with Crippen LogP contribution in [0.5, 0.6) is 11.5 Å². The highest BCUT2D eigenvalue weighted by molar-refractivity contribution is 5.91. The number of rotatable bonds is 8. The van der Waals surface area contributed by atoms with Crippen LogP contribution in [0.15, 0.2) is 18.2 Å². The third-order valence-electron chi connectivity index (χ3n) is 2.36. The van der Waals surface area contributed by atoms with Crippen LogP contribution in [0.25, 0.3) is 0 Å². The second-order valence-corrected chi connectivity index (χ2v) is 3.79. The fourth-order valence-electron chi connectivity index (χ4n) is 1.46. The number of amides is 1. The lowest BCUT2D eigenvalue weighted by atomic mass is 10.2. The Bertz CT molecular complexity index is 415. The van der Waals surface area contributed by atoms with Gasteiger partial charge >= 0.3 is 0 Å². The van der Waals surface area contributed by atoms with Gasteiger partial charge in [0.2, 0.25) is 5.91 Å². The highest BCUT2D eigenvalue weighted by Gasteiger charge is 2.07. The SMILES string of the molecule is COCCOc1cc(NC(=O)CCN)ccc1OC.Cl. The average Bonchev–Trinajstić information content (AvgIpc) is 2.39. The molecule has 1 aromatic carbocycles. The summed E-state index contributed by atoms with van der Waals surface area (Å²) in [5.41, 5.74) is 5.97. The average molecular weight is 305 g/mol. The molecule has 0 unspecified atom stereocenters. The fraction of sp³-hybridized carbons (Fsp3) is 0.462. The number of carbonyl (C=O) groups excluding carboxylic acids is 1. The Hall–Kier alpha value is -1.50. The smallest absolute Gasteiger partial charge is 0.225 e. The first kappa shape index (κ1) is 18.5. The van der Waals surface area contributed by atoms with E-state index in [0.717, 1.165) is 0 Å². The van der Waals surface area contributed by atoms with Crippen LogP contribution >= 0.6 is 12.4 Å². The van der Waals surface area contributed by atoms with Gasteiger partial charge in [0.1, 0.15) is 6.61 Å². The zero-order valence-electron chi connectivity index (χ0n) is 11.7. The minimum atomic E-state index is -0.129. The van der Waals surface area contributed by atoms with Crippen molar-refractivity contribution in [2.45, 2.75) is 6.42 Å². The molecule has 6 nitrogen and oxygen atoms in total. The van der Waals surface area contributed by atoms with E-state index in [0.29, 0.717) is 36.9 Å². The number of hydrogen-bond acceptors (Lipinski definition) is 5. The summed E-state index contributed by atoms with van der Waals surface area (Å²) in [5, 5.41) is 2.74. The van der Waals surface area contributed by atoms with E-state index in [1.54, 1.807) is 32.4 Å². The molecule has 0 aliphatic rings. The molecule has 0 fully saturated rings. The van der Waals surface area contributed by atoms with Crippen molar-refractivity contribution in [1.82, 2.24) is 0 Å². The van der Waals surface area contributed by atoms with Crippen LogP contribution in [0.3, 0.4) is 0 Å². The molecule has 0 aliphatic heterocycles. The van der Waals surface area contributed by atoms with Crippen LogP contribution < -0.4 is 20.5 Å². The molecule has 0 saturated carbocycles. The topological polar surface area (TPSA) is 82.8 Å². The Morgan fingerprint density at radius 2 is 2.00 bits per heavy atom. The van der Waals surface area contributed by atoms with Gasteiger partial charge in [-0.1, -0.05) is 0 Å². The van der Waals surface area contributed by atoms with Gasteiger partial charge in [-0.25, -0.2) is 0 Å². The Morgan fingerprint density at radius 1 is 1.25 bits per heavy atom. The number of carbonyl (C=O) groups is 1. The van der Waals surface area contributed by atoms with Crippen LogP contribution in [0.4, 0.5) is 5.69 Å². The van der Waals surface area contributed by atoms with Crippen LogP contribution in [0.2, 0.25) is 0 Å². The molecule has 1 rings (SSSR count). The summed E-state index contributed by atoms with van der Waals surface area (Å²) in [7, 11) is 3.16. The highest BCUT2D eigenvalue weighted by Crippen LogP contribution is 2.30. The Kier molecular flexibility index (Phi) is 9.53. The van der Waals surface area contributed by atoms with Crippen LogP contribution in [-0.4, -0.2) is 39.9 Å². The van der Waals surface area contributed by atoms with E-state index in [2.05, 4.69) is 5.32 Å². The largest absolute Gasteiger partial charge is 0.493 e. The van der Waals surface area contributed by atoms with Crippen LogP contribution in [0.1, 0.15) is 6.42 Å². The Balaban J connectivity index is 0.00000361. The number of anilines is 1. The maximum Gasteiger partial charge on any atom is 0.225 e. The molecule has 1 amide bonds. The standard InChI is InChI=1S/C13H20N2O4.ClH/c1-17-7-8-19-12-9-10(3-4-11(12)18-2)15-13(16)5-6-14;/h3-4,9H,5-8,14H2,1-2H3,(H,15,16);1H. The number of ether oxygens (including phenoxy) is 3. The lowest BCUT2D eigenvalue weighted by Crippen LogP contribution is -2.16. The summed E-state index contributed by atoms with van der Waals surface area (Å²) in [5.74, 6) is 1.04. The van der Waals surface area contributed by atoms with Crippen molar-refractivity contribution in [2.75, 3.05) is 39.3 Å². The number of benzene rings is 1. The zero-order valence-corrected chi connectivity index (χ0v) is 12.5. The summed E-state index contributed by atoms with van der Waals surface area (Å²) < 4.78 is 15.6. The third-order valence-corrected chi connectivity index (χ3v) is 2.36. The molecular weight excluding hydrogens is 284 g/mol. The molecule has 3 N–H and O–H groups in total. The lowest BCUT2D eigenvalue weighted by molar-refractivity contribution is -0.116. The first-order valence-corrected chi connectivity index (χ1v) is 6.01. The van der Waals surface area contributed by atoms with Crippen LogP contribution in [-0.2, 0) is 9.53 Å². The number of hydrogen-bond donors (Lipinski definition) is 2. The van der Waals surface area contributed by atoms with Gasteiger partial charge in [-0.2, -0.15) is 0 Å². The van der Waals surface area contributed by atoms with Crippen molar-refractivity contribution >= 4 is 24.0 Å². The second-order valence-electron chi connectivity index (χ2n) is 3.79. The van der Waals surface area contributed by atoms with Gasteiger partial charge < -0.3 is 25.3 Å². The lowest BCUT2D eigenvalue weighted by Gasteiger charge is -2.12. The van der Waals surface area contributed by atoms with E-state index in [1.807, 2.05) is 0 Å². The van der Waals surface area contributed by atoms with Crippen molar-refractivity contribution in [3.05, 3.63) is 18.2 Å². The highest BCUT2D eigenvalue weighted by atomic mass is 35.5. The minimum Gasteiger partial charge on any atom is -0.493 e. The Morgan fingerprint density at radius 3 is 2.60 bits per heavy atom. The first-order chi connectivity index (χ1) is 9.21. The second kappa shape index (κ2) is 10.3. The zero-order chi connectivity index (χ0) is 14.1. The summed E-state index contributed by atoms with van der Waals surface area (Å²) >= 11 is 0. The normalized spacial score (nSPS) is 9.55. The third kappa shape index (κ3) is 6.10. The quantitative estimate of drug-likeness (QED) is 0.710. The maximum absolute atomic E-state index is 11.5. The molecule has 0 aromatic heterocycles. The van der Waals surface area contributed by atoms with Gasteiger partial charge in [0, 0.05) is 31.8 Å². The summed E-state index contributed by atoms with van der Waals surface area (Å²) in [6.45, 7) is 1.21. The van der Waals surface area contributed by atoms with Gasteiger partial charge in [-0.15, -0.1) is 12.4 Å². The maximum atomic E-state index is 11.5. The molecule has 0 saturated heterocycles. The molecule has 20 heavy (non-hydrogen) atoms. The van der Waals surface area contributed by atoms with Gasteiger partial charge in [0.15, 0.2) is 11.5 Å². The van der Waals surface area contributed by atoms with Crippen molar-refractivity contribution in [1.29, 1.82) is 0 Å². The van der Waals surface area contributed by atoms with E-state index in [9.17, 15) is 4.79 Å².